The molecule has 2 amide bonds. The number of rotatable bonds is 4. The first-order valence-electron chi connectivity index (χ1n) is 7.47. The zero-order chi connectivity index (χ0) is 16.1. The van der Waals surface area contributed by atoms with E-state index in [1.807, 2.05) is 24.3 Å². The molecule has 0 radical (unpaired) electrons. The van der Waals surface area contributed by atoms with Crippen LogP contribution in [0.5, 0.6) is 0 Å². The molecule has 5 nitrogen and oxygen atoms in total. The number of likely N-dealkylation sites (tertiary alicyclic amines) is 1. The Balaban J connectivity index is 0.00000264. The molecule has 1 aliphatic heterocycles. The molecule has 0 aliphatic carbocycles. The van der Waals surface area contributed by atoms with Crippen molar-refractivity contribution < 1.29 is 9.59 Å². The zero-order valence-corrected chi connectivity index (χ0v) is 15.4. The van der Waals surface area contributed by atoms with Crippen molar-refractivity contribution in [3.8, 4) is 0 Å². The summed E-state index contributed by atoms with van der Waals surface area (Å²) < 4.78 is 0. The number of nitrogens with one attached hydrogen (secondary N) is 2. The van der Waals surface area contributed by atoms with Crippen molar-refractivity contribution in [3.05, 3.63) is 23.8 Å². The van der Waals surface area contributed by atoms with Gasteiger partial charge in [0.2, 0.25) is 5.91 Å². The smallest absolute Gasteiger partial charge is 0.253 e. The summed E-state index contributed by atoms with van der Waals surface area (Å²) in [6.07, 6.45) is 4.07. The standard InChI is InChI=1S/C16H23N3O2S.ClH/c1-11(20)18-14-7-6-12(9-15(14)22-3)16(21)19-8-4-5-13(10-19)17-2;/h6-7,9,13,17H,4-5,8,10H2,1-3H3,(H,18,20);1H. The minimum Gasteiger partial charge on any atom is -0.337 e. The Hall–Kier alpha value is -1.24. The molecule has 1 aliphatic rings. The topological polar surface area (TPSA) is 61.4 Å². The molecular formula is C16H24ClN3O2S. The molecule has 23 heavy (non-hydrogen) atoms. The van der Waals surface area contributed by atoms with Gasteiger partial charge in [0.05, 0.1) is 5.69 Å². The second-order valence-electron chi connectivity index (χ2n) is 5.48. The van der Waals surface area contributed by atoms with E-state index < -0.39 is 0 Å². The summed E-state index contributed by atoms with van der Waals surface area (Å²) in [6, 6.07) is 5.83. The summed E-state index contributed by atoms with van der Waals surface area (Å²) in [7, 11) is 1.94. The number of carbonyl (C=O) groups excluding carboxylic acids is 2. The number of anilines is 1. The summed E-state index contributed by atoms with van der Waals surface area (Å²) >= 11 is 1.52. The fourth-order valence-corrected chi connectivity index (χ4v) is 3.28. The monoisotopic (exact) mass is 357 g/mol. The van der Waals surface area contributed by atoms with Crippen molar-refractivity contribution in [2.45, 2.75) is 30.7 Å². The first kappa shape index (κ1) is 19.8. The van der Waals surface area contributed by atoms with Crippen LogP contribution in [0.25, 0.3) is 0 Å². The highest BCUT2D eigenvalue weighted by molar-refractivity contribution is 7.98. The zero-order valence-electron chi connectivity index (χ0n) is 13.7. The van der Waals surface area contributed by atoms with E-state index in [4.69, 9.17) is 0 Å². The van der Waals surface area contributed by atoms with Gasteiger partial charge in [0.25, 0.3) is 5.91 Å². The van der Waals surface area contributed by atoms with E-state index >= 15 is 0 Å². The molecule has 1 saturated heterocycles. The van der Waals surface area contributed by atoms with Gasteiger partial charge in [-0.05, 0) is 44.3 Å². The Morgan fingerprint density at radius 1 is 1.35 bits per heavy atom. The molecule has 1 aromatic rings. The SMILES string of the molecule is CNC1CCCN(C(=O)c2ccc(NC(C)=O)c(SC)c2)C1.Cl. The molecule has 0 aromatic heterocycles. The molecule has 128 valence electrons. The fraction of sp³-hybridized carbons (Fsp3) is 0.500. The van der Waals surface area contributed by atoms with E-state index in [1.165, 1.54) is 18.7 Å². The number of benzene rings is 1. The Morgan fingerprint density at radius 3 is 2.70 bits per heavy atom. The van der Waals surface area contributed by atoms with Crippen LogP contribution in [0, 0.1) is 0 Å². The van der Waals surface area contributed by atoms with Crippen molar-refractivity contribution in [1.29, 1.82) is 0 Å². The number of carbonyl (C=O) groups is 2. The number of halogens is 1. The molecular weight excluding hydrogens is 334 g/mol. The molecule has 1 atom stereocenters. The van der Waals surface area contributed by atoms with Crippen LogP contribution < -0.4 is 10.6 Å². The third-order valence-corrected chi connectivity index (χ3v) is 4.65. The highest BCUT2D eigenvalue weighted by atomic mass is 35.5. The van der Waals surface area contributed by atoms with Gasteiger partial charge >= 0.3 is 0 Å². The first-order valence-corrected chi connectivity index (χ1v) is 8.69. The summed E-state index contributed by atoms with van der Waals surface area (Å²) in [5.41, 5.74) is 1.43. The van der Waals surface area contributed by atoms with Gasteiger partial charge in [-0.25, -0.2) is 0 Å². The molecule has 1 heterocycles. The van der Waals surface area contributed by atoms with Crippen molar-refractivity contribution in [2.24, 2.45) is 0 Å². The highest BCUT2D eigenvalue weighted by Crippen LogP contribution is 2.27. The van der Waals surface area contributed by atoms with Gasteiger partial charge < -0.3 is 15.5 Å². The fourth-order valence-electron chi connectivity index (χ4n) is 2.70. The number of likely N-dealkylation sites (N-methyl/N-ethyl adjacent to an activating group) is 1. The van der Waals surface area contributed by atoms with Crippen LogP contribution in [0.3, 0.4) is 0 Å². The maximum atomic E-state index is 12.7. The van der Waals surface area contributed by atoms with Gasteiger partial charge in [0.1, 0.15) is 0 Å². The van der Waals surface area contributed by atoms with E-state index in [2.05, 4.69) is 10.6 Å². The Morgan fingerprint density at radius 2 is 2.09 bits per heavy atom. The largest absolute Gasteiger partial charge is 0.337 e. The van der Waals surface area contributed by atoms with Crippen molar-refractivity contribution in [2.75, 3.05) is 31.7 Å². The molecule has 2 N–H and O–H groups in total. The number of amides is 2. The molecule has 1 aromatic carbocycles. The Labute approximate surface area is 148 Å². The number of thioether (sulfide) groups is 1. The van der Waals surface area contributed by atoms with Gasteiger partial charge in [-0.2, -0.15) is 0 Å². The van der Waals surface area contributed by atoms with E-state index in [9.17, 15) is 9.59 Å². The van der Waals surface area contributed by atoms with E-state index in [1.54, 1.807) is 12.1 Å². The summed E-state index contributed by atoms with van der Waals surface area (Å²) in [5.74, 6) is -0.0492. The highest BCUT2D eigenvalue weighted by Gasteiger charge is 2.24. The second-order valence-corrected chi connectivity index (χ2v) is 6.32. The number of nitrogens with zero attached hydrogens (tertiary/aromatic N) is 1. The Kier molecular flexibility index (Phi) is 7.88. The second kappa shape index (κ2) is 9.15. The van der Waals surface area contributed by atoms with Gasteiger partial charge in [-0.3, -0.25) is 9.59 Å². The molecule has 7 heteroatoms. The molecule has 0 saturated carbocycles. The maximum absolute atomic E-state index is 12.7. The molecule has 2 rings (SSSR count). The summed E-state index contributed by atoms with van der Waals surface area (Å²) in [4.78, 5) is 26.7. The predicted molar refractivity (Wildman–Crippen MR) is 97.8 cm³/mol. The van der Waals surface area contributed by atoms with Crippen molar-refractivity contribution >= 4 is 41.7 Å². The van der Waals surface area contributed by atoms with E-state index in [0.717, 1.165) is 36.5 Å². The minimum atomic E-state index is -0.109. The van der Waals surface area contributed by atoms with Crippen LogP contribution in [-0.2, 0) is 4.79 Å². The average Bonchev–Trinajstić information content (AvgIpc) is 2.54. The van der Waals surface area contributed by atoms with E-state index in [-0.39, 0.29) is 24.2 Å². The lowest BCUT2D eigenvalue weighted by Crippen LogP contribution is -2.46. The molecule has 0 bridgehead atoms. The van der Waals surface area contributed by atoms with Gasteiger partial charge in [-0.1, -0.05) is 0 Å². The Bertz CT molecular complexity index is 568. The third kappa shape index (κ3) is 5.12. The lowest BCUT2D eigenvalue weighted by atomic mass is 10.0. The van der Waals surface area contributed by atoms with Crippen molar-refractivity contribution in [1.82, 2.24) is 10.2 Å². The van der Waals surface area contributed by atoms with Crippen LogP contribution in [0.1, 0.15) is 30.1 Å². The lowest BCUT2D eigenvalue weighted by Gasteiger charge is -2.32. The van der Waals surface area contributed by atoms with Crippen molar-refractivity contribution in [3.63, 3.8) is 0 Å². The summed E-state index contributed by atoms with van der Waals surface area (Å²) in [6.45, 7) is 3.03. The van der Waals surface area contributed by atoms with Crippen LogP contribution in [0.4, 0.5) is 5.69 Å². The van der Waals surface area contributed by atoms with Crippen LogP contribution in [0.15, 0.2) is 23.1 Å². The third-order valence-electron chi connectivity index (χ3n) is 3.88. The van der Waals surface area contributed by atoms with E-state index in [0.29, 0.717) is 11.6 Å². The lowest BCUT2D eigenvalue weighted by molar-refractivity contribution is -0.114. The predicted octanol–water partition coefficient (Wildman–Crippen LogP) is 2.61. The van der Waals surface area contributed by atoms with Crippen LogP contribution in [0.2, 0.25) is 0 Å². The molecule has 1 unspecified atom stereocenters. The summed E-state index contributed by atoms with van der Waals surface area (Å²) in [5, 5.41) is 6.04. The number of piperidine rings is 1. The average molecular weight is 358 g/mol. The van der Waals surface area contributed by atoms with Gasteiger partial charge in [-0.15, -0.1) is 24.2 Å². The quantitative estimate of drug-likeness (QED) is 0.813. The molecule has 0 spiro atoms. The number of hydrogen-bond acceptors (Lipinski definition) is 4. The minimum absolute atomic E-state index is 0. The maximum Gasteiger partial charge on any atom is 0.253 e. The first-order chi connectivity index (χ1) is 10.5. The van der Waals surface area contributed by atoms with Gasteiger partial charge in [0, 0.05) is 36.5 Å². The normalized spacial score (nSPS) is 17.3. The number of hydrogen-bond donors (Lipinski definition) is 2. The van der Waals surface area contributed by atoms with Crippen LogP contribution >= 0.6 is 24.2 Å². The van der Waals surface area contributed by atoms with Crippen LogP contribution in [-0.4, -0.2) is 49.1 Å². The molecule has 1 fully saturated rings. The van der Waals surface area contributed by atoms with Gasteiger partial charge in [0.15, 0.2) is 0 Å².